The number of ether oxygens (including phenoxy) is 1. The van der Waals surface area contributed by atoms with Gasteiger partial charge >= 0.3 is 6.09 Å². The third kappa shape index (κ3) is 3.15. The SMILES string of the molecule is CC(=O)[C@@]1(OC(=O)Nc2ccccc2)C(C)C[C@H]2[C@@H]3CCC4=CC(=O)C=C[C@]4(C)[C@H]3CC[C@@]21C. The van der Waals surface area contributed by atoms with Crippen LogP contribution in [0.1, 0.15) is 59.8 Å². The van der Waals surface area contributed by atoms with Crippen LogP contribution < -0.4 is 5.32 Å². The van der Waals surface area contributed by atoms with Crippen molar-refractivity contribution in [2.75, 3.05) is 5.32 Å². The number of hydrogen-bond acceptors (Lipinski definition) is 4. The molecule has 0 heterocycles. The molecule has 3 fully saturated rings. The van der Waals surface area contributed by atoms with Gasteiger partial charge in [0.25, 0.3) is 0 Å². The van der Waals surface area contributed by atoms with Crippen LogP contribution in [0.25, 0.3) is 0 Å². The minimum atomic E-state index is -1.14. The molecule has 4 aliphatic rings. The highest BCUT2D eigenvalue weighted by molar-refractivity contribution is 6.01. The monoisotopic (exact) mass is 461 g/mol. The number of anilines is 1. The molecule has 1 amide bonds. The van der Waals surface area contributed by atoms with E-state index in [0.717, 1.165) is 32.1 Å². The third-order valence-electron chi connectivity index (χ3n) is 9.89. The van der Waals surface area contributed by atoms with Crippen molar-refractivity contribution in [1.82, 2.24) is 0 Å². The van der Waals surface area contributed by atoms with Crippen LogP contribution in [0.2, 0.25) is 0 Å². The summed E-state index contributed by atoms with van der Waals surface area (Å²) in [5.74, 6) is 1.13. The van der Waals surface area contributed by atoms with Gasteiger partial charge in [0, 0.05) is 22.4 Å². The van der Waals surface area contributed by atoms with Crippen molar-refractivity contribution in [2.24, 2.45) is 34.5 Å². The van der Waals surface area contributed by atoms with E-state index in [1.54, 1.807) is 13.0 Å². The van der Waals surface area contributed by atoms with E-state index in [1.807, 2.05) is 36.4 Å². The summed E-state index contributed by atoms with van der Waals surface area (Å²) in [4.78, 5) is 38.4. The minimum absolute atomic E-state index is 0.0579. The summed E-state index contributed by atoms with van der Waals surface area (Å²) >= 11 is 0. The zero-order valence-electron chi connectivity index (χ0n) is 20.6. The van der Waals surface area contributed by atoms with Gasteiger partial charge in [0.15, 0.2) is 17.2 Å². The molecule has 1 aromatic rings. The number of allylic oxidation sites excluding steroid dienone is 4. The van der Waals surface area contributed by atoms with Crippen LogP contribution >= 0.6 is 0 Å². The van der Waals surface area contributed by atoms with E-state index in [9.17, 15) is 14.4 Å². The van der Waals surface area contributed by atoms with Gasteiger partial charge in [-0.1, -0.05) is 50.6 Å². The topological polar surface area (TPSA) is 72.5 Å². The Kier molecular flexibility index (Phi) is 5.38. The molecule has 3 saturated carbocycles. The van der Waals surface area contributed by atoms with E-state index in [-0.39, 0.29) is 22.9 Å². The molecule has 0 aromatic heterocycles. The Morgan fingerprint density at radius 2 is 1.82 bits per heavy atom. The second kappa shape index (κ2) is 7.93. The smallest absolute Gasteiger partial charge is 0.412 e. The fraction of sp³-hybridized carbons (Fsp3) is 0.552. The summed E-state index contributed by atoms with van der Waals surface area (Å²) in [7, 11) is 0. The van der Waals surface area contributed by atoms with Crippen LogP contribution in [-0.2, 0) is 14.3 Å². The molecule has 5 nitrogen and oxygen atoms in total. The van der Waals surface area contributed by atoms with Gasteiger partial charge < -0.3 is 4.74 Å². The van der Waals surface area contributed by atoms with Gasteiger partial charge in [-0.3, -0.25) is 14.9 Å². The van der Waals surface area contributed by atoms with Gasteiger partial charge in [-0.25, -0.2) is 4.79 Å². The Balaban J connectivity index is 1.46. The van der Waals surface area contributed by atoms with Crippen molar-refractivity contribution in [3.63, 3.8) is 0 Å². The Morgan fingerprint density at radius 3 is 2.53 bits per heavy atom. The lowest BCUT2D eigenvalue weighted by molar-refractivity contribution is -0.163. The lowest BCUT2D eigenvalue weighted by Crippen LogP contribution is -2.60. The molecule has 180 valence electrons. The first kappa shape index (κ1) is 23.1. The molecular formula is C29H35NO4. The van der Waals surface area contributed by atoms with E-state index >= 15 is 0 Å². The Labute approximate surface area is 202 Å². The molecule has 1 unspecified atom stereocenters. The third-order valence-corrected chi connectivity index (χ3v) is 9.89. The molecular weight excluding hydrogens is 426 g/mol. The summed E-state index contributed by atoms with van der Waals surface area (Å²) in [5, 5.41) is 2.82. The summed E-state index contributed by atoms with van der Waals surface area (Å²) in [5.41, 5.74) is 0.248. The first-order valence-corrected chi connectivity index (χ1v) is 12.6. The lowest BCUT2D eigenvalue weighted by atomic mass is 9.47. The highest BCUT2D eigenvalue weighted by Gasteiger charge is 2.70. The predicted octanol–water partition coefficient (Wildman–Crippen LogP) is 6.12. The van der Waals surface area contributed by atoms with E-state index in [2.05, 4.69) is 32.2 Å². The number of carbonyl (C=O) groups excluding carboxylic acids is 3. The number of para-hydroxylation sites is 1. The average Bonchev–Trinajstić information content (AvgIpc) is 3.02. The Hall–Kier alpha value is -2.69. The molecule has 5 rings (SSSR count). The fourth-order valence-electron chi connectivity index (χ4n) is 8.37. The maximum atomic E-state index is 13.4. The quantitative estimate of drug-likeness (QED) is 0.589. The highest BCUT2D eigenvalue weighted by Crippen LogP contribution is 2.69. The molecule has 0 bridgehead atoms. The highest BCUT2D eigenvalue weighted by atomic mass is 16.6. The first-order valence-electron chi connectivity index (χ1n) is 12.6. The number of benzene rings is 1. The summed E-state index contributed by atoms with van der Waals surface area (Å²) in [6.07, 6.45) is 9.72. The van der Waals surface area contributed by atoms with Gasteiger partial charge in [0.1, 0.15) is 0 Å². The Morgan fingerprint density at radius 1 is 1.09 bits per heavy atom. The molecule has 0 aliphatic heterocycles. The van der Waals surface area contributed by atoms with Crippen molar-refractivity contribution in [1.29, 1.82) is 0 Å². The van der Waals surface area contributed by atoms with Crippen molar-refractivity contribution < 1.29 is 19.1 Å². The average molecular weight is 462 g/mol. The molecule has 0 saturated heterocycles. The van der Waals surface area contributed by atoms with E-state index in [0.29, 0.717) is 23.4 Å². The lowest BCUT2D eigenvalue weighted by Gasteiger charge is -2.58. The number of nitrogens with one attached hydrogen (secondary N) is 1. The van der Waals surface area contributed by atoms with Crippen LogP contribution in [0.3, 0.4) is 0 Å². The van der Waals surface area contributed by atoms with Crippen molar-refractivity contribution in [2.45, 2.75) is 65.4 Å². The molecule has 1 N–H and O–H groups in total. The van der Waals surface area contributed by atoms with Crippen molar-refractivity contribution >= 4 is 23.3 Å². The number of rotatable bonds is 3. The number of hydrogen-bond donors (Lipinski definition) is 1. The maximum Gasteiger partial charge on any atom is 0.412 e. The van der Waals surface area contributed by atoms with Gasteiger partial charge in [0.05, 0.1) is 0 Å². The zero-order valence-corrected chi connectivity index (χ0v) is 20.6. The molecule has 0 radical (unpaired) electrons. The normalized spacial score (nSPS) is 40.5. The standard InChI is InChI=1S/C29H35NO4/c1-18-16-25-23-11-10-20-17-22(32)12-14-27(20,3)24(23)13-15-28(25,4)29(18,19(2)31)34-26(33)30-21-8-6-5-7-9-21/h5-9,12,14,17-18,23-25H,10-11,13,15-16H2,1-4H3,(H,30,33)/t18?,23-,24+,25+,27+,28+,29+/m1/s1. The second-order valence-corrected chi connectivity index (χ2v) is 11.4. The number of fused-ring (bicyclic) bond motifs is 5. The number of carbonyl (C=O) groups is 3. The minimum Gasteiger partial charge on any atom is -0.434 e. The fourth-order valence-corrected chi connectivity index (χ4v) is 8.37. The van der Waals surface area contributed by atoms with Crippen LogP contribution in [0.15, 0.2) is 54.1 Å². The van der Waals surface area contributed by atoms with Crippen LogP contribution in [0, 0.1) is 34.5 Å². The van der Waals surface area contributed by atoms with Gasteiger partial charge in [-0.15, -0.1) is 0 Å². The second-order valence-electron chi connectivity index (χ2n) is 11.4. The van der Waals surface area contributed by atoms with E-state index in [1.165, 1.54) is 5.57 Å². The predicted molar refractivity (Wildman–Crippen MR) is 131 cm³/mol. The van der Waals surface area contributed by atoms with E-state index in [4.69, 9.17) is 4.74 Å². The molecule has 0 spiro atoms. The molecule has 34 heavy (non-hydrogen) atoms. The van der Waals surface area contributed by atoms with Crippen LogP contribution in [0.4, 0.5) is 10.5 Å². The summed E-state index contributed by atoms with van der Waals surface area (Å²) < 4.78 is 6.21. The molecule has 5 heteroatoms. The first-order chi connectivity index (χ1) is 16.1. The number of amides is 1. The summed E-state index contributed by atoms with van der Waals surface area (Å²) in [6, 6.07) is 9.22. The molecule has 1 aromatic carbocycles. The molecule has 4 aliphatic carbocycles. The van der Waals surface area contributed by atoms with Gasteiger partial charge in [0.2, 0.25) is 0 Å². The zero-order chi connectivity index (χ0) is 24.3. The van der Waals surface area contributed by atoms with Crippen molar-refractivity contribution in [3.05, 3.63) is 54.1 Å². The van der Waals surface area contributed by atoms with Crippen LogP contribution in [-0.4, -0.2) is 23.3 Å². The molecule has 7 atom stereocenters. The summed E-state index contributed by atoms with van der Waals surface area (Å²) in [6.45, 7) is 8.12. The van der Waals surface area contributed by atoms with E-state index < -0.39 is 17.1 Å². The van der Waals surface area contributed by atoms with Crippen LogP contribution in [0.5, 0.6) is 0 Å². The Bertz CT molecular complexity index is 1090. The maximum absolute atomic E-state index is 13.4. The largest absolute Gasteiger partial charge is 0.434 e. The van der Waals surface area contributed by atoms with Gasteiger partial charge in [-0.2, -0.15) is 0 Å². The number of ketones is 2. The van der Waals surface area contributed by atoms with Gasteiger partial charge in [-0.05, 0) is 81.1 Å². The number of Topliss-reactive ketones (excluding diaryl/α,β-unsaturated/α-hetero) is 1. The van der Waals surface area contributed by atoms with Crippen molar-refractivity contribution in [3.8, 4) is 0 Å².